The van der Waals surface area contributed by atoms with E-state index >= 15 is 0 Å². The van der Waals surface area contributed by atoms with Crippen LogP contribution in [0, 0.1) is 0 Å². The summed E-state index contributed by atoms with van der Waals surface area (Å²) in [6.07, 6.45) is 21.7. The van der Waals surface area contributed by atoms with Crippen molar-refractivity contribution in [3.63, 3.8) is 0 Å². The Morgan fingerprint density at radius 1 is 0.873 bits per heavy atom. The van der Waals surface area contributed by atoms with Crippen molar-refractivity contribution in [2.75, 3.05) is 60.7 Å². The van der Waals surface area contributed by atoms with E-state index in [-0.39, 0.29) is 44.6 Å². The molecule has 2 rings (SSSR count). The molecule has 0 saturated carbocycles. The van der Waals surface area contributed by atoms with E-state index in [1.54, 1.807) is 0 Å². The molecule has 1 N–H and O–H groups in total. The Morgan fingerprint density at radius 3 is 2.09 bits per heavy atom. The van der Waals surface area contributed by atoms with Crippen molar-refractivity contribution < 1.29 is 61.0 Å². The maximum absolute atomic E-state index is 13.0. The molecule has 3 unspecified atom stereocenters. The van der Waals surface area contributed by atoms with Gasteiger partial charge in [-0.05, 0) is 52.4 Å². The largest absolute Gasteiger partial charge is 0.472 e. The summed E-state index contributed by atoms with van der Waals surface area (Å²) in [5.41, 5.74) is 0. The molecular formula is C41H77NO12P+. The van der Waals surface area contributed by atoms with E-state index < -0.39 is 38.3 Å². The van der Waals surface area contributed by atoms with Gasteiger partial charge in [0.05, 0.1) is 40.5 Å². The van der Waals surface area contributed by atoms with Crippen LogP contribution in [0.5, 0.6) is 0 Å². The van der Waals surface area contributed by atoms with Crippen molar-refractivity contribution in [3.05, 3.63) is 12.2 Å². The quantitative estimate of drug-likeness (QED) is 0.0229. The summed E-state index contributed by atoms with van der Waals surface area (Å²) in [4.78, 5) is 35.9. The summed E-state index contributed by atoms with van der Waals surface area (Å²) in [7, 11) is 1.36. The topological polar surface area (TPSA) is 145 Å². The molecule has 322 valence electrons. The molecule has 14 heteroatoms. The number of phosphoric acid groups is 1. The highest BCUT2D eigenvalue weighted by atomic mass is 31.2. The van der Waals surface area contributed by atoms with E-state index in [0.717, 1.165) is 38.5 Å². The number of phosphoric ester groups is 1. The Morgan fingerprint density at radius 2 is 1.51 bits per heavy atom. The van der Waals surface area contributed by atoms with Gasteiger partial charge in [0.1, 0.15) is 25.9 Å². The van der Waals surface area contributed by atoms with Gasteiger partial charge in [0, 0.05) is 19.4 Å². The zero-order valence-corrected chi connectivity index (χ0v) is 36.1. The SMILES string of the molecule is CCCCCCCCCCCCCCCC(=O)OC[C@@H](COP(=O)(O)OCC[N+](C)(C)C)OC(=O)CCCC(/C=C/[C@H]1COC(C)(C)O1)OC1CCCCO1. The third kappa shape index (κ3) is 27.0. The number of hydrogen-bond donors (Lipinski definition) is 1. The van der Waals surface area contributed by atoms with Crippen LogP contribution < -0.4 is 0 Å². The second kappa shape index (κ2) is 28.1. The van der Waals surface area contributed by atoms with Crippen LogP contribution in [0.3, 0.4) is 0 Å². The van der Waals surface area contributed by atoms with E-state index in [4.69, 9.17) is 37.5 Å². The lowest BCUT2D eigenvalue weighted by Gasteiger charge is -2.26. The minimum atomic E-state index is -4.44. The molecule has 2 aliphatic rings. The fourth-order valence-electron chi connectivity index (χ4n) is 6.28. The lowest BCUT2D eigenvalue weighted by atomic mass is 10.0. The lowest BCUT2D eigenvalue weighted by Crippen LogP contribution is -2.37. The van der Waals surface area contributed by atoms with Crippen LogP contribution >= 0.6 is 7.82 Å². The van der Waals surface area contributed by atoms with Crippen LogP contribution in [0.25, 0.3) is 0 Å². The van der Waals surface area contributed by atoms with E-state index in [9.17, 15) is 19.0 Å². The fraction of sp³-hybridized carbons (Fsp3) is 0.902. The Labute approximate surface area is 332 Å². The maximum Gasteiger partial charge on any atom is 0.472 e. The maximum atomic E-state index is 13.0. The summed E-state index contributed by atoms with van der Waals surface area (Å²) < 4.78 is 58.1. The molecule has 13 nitrogen and oxygen atoms in total. The summed E-state index contributed by atoms with van der Waals surface area (Å²) in [5.74, 6) is -1.61. The van der Waals surface area contributed by atoms with Crippen molar-refractivity contribution >= 4 is 19.8 Å². The smallest absolute Gasteiger partial charge is 0.462 e. The summed E-state index contributed by atoms with van der Waals surface area (Å²) in [6.45, 7) is 6.79. The molecule has 0 aromatic heterocycles. The number of nitrogens with zero attached hydrogens (tertiary/aromatic N) is 1. The molecule has 0 amide bonds. The van der Waals surface area contributed by atoms with E-state index in [1.165, 1.54) is 57.8 Å². The summed E-state index contributed by atoms with van der Waals surface area (Å²) in [6, 6.07) is 0. The summed E-state index contributed by atoms with van der Waals surface area (Å²) in [5, 5.41) is 0. The first kappa shape index (κ1) is 49.7. The van der Waals surface area contributed by atoms with Crippen molar-refractivity contribution in [1.82, 2.24) is 0 Å². The van der Waals surface area contributed by atoms with Crippen LogP contribution in [-0.4, -0.2) is 112 Å². The van der Waals surface area contributed by atoms with Crippen LogP contribution in [-0.2, 0) is 51.6 Å². The molecule has 0 bridgehead atoms. The highest BCUT2D eigenvalue weighted by Crippen LogP contribution is 2.43. The fourth-order valence-corrected chi connectivity index (χ4v) is 7.02. The van der Waals surface area contributed by atoms with Gasteiger partial charge in [0.15, 0.2) is 18.2 Å². The first-order valence-electron chi connectivity index (χ1n) is 21.2. The van der Waals surface area contributed by atoms with Gasteiger partial charge in [-0.2, -0.15) is 0 Å². The molecule has 2 heterocycles. The monoisotopic (exact) mass is 807 g/mol. The predicted octanol–water partition coefficient (Wildman–Crippen LogP) is 8.55. The Balaban J connectivity index is 1.81. The minimum absolute atomic E-state index is 0.00290. The molecule has 0 radical (unpaired) electrons. The van der Waals surface area contributed by atoms with Crippen LogP contribution in [0.15, 0.2) is 12.2 Å². The van der Waals surface area contributed by atoms with Crippen molar-refractivity contribution in [2.45, 2.75) is 180 Å². The number of ether oxygens (including phenoxy) is 6. The number of hydrogen-bond acceptors (Lipinski definition) is 11. The third-order valence-electron chi connectivity index (χ3n) is 9.56. The van der Waals surface area contributed by atoms with Gasteiger partial charge < -0.3 is 37.8 Å². The summed E-state index contributed by atoms with van der Waals surface area (Å²) >= 11 is 0. The zero-order chi connectivity index (χ0) is 40.4. The van der Waals surface area contributed by atoms with Crippen molar-refractivity contribution in [2.24, 2.45) is 0 Å². The number of likely N-dealkylation sites (N-methyl/N-ethyl adjacent to an activating group) is 1. The number of esters is 2. The molecule has 5 atom stereocenters. The minimum Gasteiger partial charge on any atom is -0.462 e. The average molecular weight is 807 g/mol. The Hall–Kier alpha value is -1.41. The molecule has 0 aliphatic carbocycles. The number of quaternary nitrogens is 1. The molecule has 2 saturated heterocycles. The standard InChI is InChI=1S/C41H76NO12P/c1-7-8-9-10-11-12-13-14-15-16-17-18-19-24-38(43)48-32-37(34-51-55(45,46)50-31-29-42(4,5)6)52-39(44)25-22-23-35(53-40-26-20-21-30-47-40)27-28-36-33-49-41(2,3)54-36/h27-28,35-37,40H,7-26,29-34H2,1-6H3/p+1/b28-27+/t35?,36-,37-,40?/m0/s1. The number of carbonyl (C=O) groups excluding carboxylic acids is 2. The van der Waals surface area contributed by atoms with E-state index in [2.05, 4.69) is 6.92 Å². The van der Waals surface area contributed by atoms with Gasteiger partial charge >= 0.3 is 19.8 Å². The Bertz CT molecular complexity index is 1110. The van der Waals surface area contributed by atoms with E-state index in [0.29, 0.717) is 43.5 Å². The lowest BCUT2D eigenvalue weighted by molar-refractivity contribution is -0.870. The van der Waals surface area contributed by atoms with E-state index in [1.807, 2.05) is 47.1 Å². The number of rotatable bonds is 32. The van der Waals surface area contributed by atoms with Gasteiger partial charge in [-0.15, -0.1) is 0 Å². The second-order valence-corrected chi connectivity index (χ2v) is 18.0. The Kier molecular flexibility index (Phi) is 25.4. The number of carbonyl (C=O) groups is 2. The highest BCUT2D eigenvalue weighted by Gasteiger charge is 2.31. The molecule has 2 aliphatic heterocycles. The molecule has 0 spiro atoms. The number of unbranched alkanes of at least 4 members (excludes halogenated alkanes) is 12. The van der Waals surface area contributed by atoms with Gasteiger partial charge in [-0.25, -0.2) is 4.57 Å². The first-order valence-corrected chi connectivity index (χ1v) is 22.7. The highest BCUT2D eigenvalue weighted by molar-refractivity contribution is 7.47. The second-order valence-electron chi connectivity index (χ2n) is 16.5. The van der Waals surface area contributed by atoms with Gasteiger partial charge in [-0.3, -0.25) is 18.6 Å². The molecule has 55 heavy (non-hydrogen) atoms. The molecule has 0 aromatic carbocycles. The van der Waals surface area contributed by atoms with Gasteiger partial charge in [-0.1, -0.05) is 96.1 Å². The normalized spacial score (nSPS) is 21.0. The van der Waals surface area contributed by atoms with Crippen LogP contribution in [0.2, 0.25) is 0 Å². The molecule has 0 aromatic rings. The third-order valence-corrected chi connectivity index (χ3v) is 10.5. The first-order chi connectivity index (χ1) is 26.2. The van der Waals surface area contributed by atoms with Crippen molar-refractivity contribution in [3.8, 4) is 0 Å². The van der Waals surface area contributed by atoms with Gasteiger partial charge in [0.2, 0.25) is 0 Å². The van der Waals surface area contributed by atoms with Gasteiger partial charge in [0.25, 0.3) is 0 Å². The van der Waals surface area contributed by atoms with Crippen LogP contribution in [0.1, 0.15) is 149 Å². The molecular weight excluding hydrogens is 729 g/mol. The average Bonchev–Trinajstić information content (AvgIpc) is 3.48. The molecule has 2 fully saturated rings. The predicted molar refractivity (Wildman–Crippen MR) is 212 cm³/mol. The zero-order valence-electron chi connectivity index (χ0n) is 35.2. The van der Waals surface area contributed by atoms with Crippen molar-refractivity contribution in [1.29, 1.82) is 0 Å². The van der Waals surface area contributed by atoms with Crippen LogP contribution in [0.4, 0.5) is 0 Å².